The maximum absolute atomic E-state index is 8.78. The summed E-state index contributed by atoms with van der Waals surface area (Å²) >= 11 is 1.69. The molecule has 235 valence electrons. The fourth-order valence-electron chi connectivity index (χ4n) is 5.98. The minimum atomic E-state index is -0.790. The second-order valence-electron chi connectivity index (χ2n) is 11.6. The molecule has 0 aliphatic rings. The van der Waals surface area contributed by atoms with Gasteiger partial charge in [-0.2, -0.15) is 0 Å². The molecule has 6 heteroatoms. The second kappa shape index (κ2) is 13.7. The van der Waals surface area contributed by atoms with E-state index in [4.69, 9.17) is 10.8 Å². The Bertz CT molecular complexity index is 2320. The first-order valence-electron chi connectivity index (χ1n) is 15.8. The van der Waals surface area contributed by atoms with E-state index in [2.05, 4.69) is 72.3 Å². The third-order valence-electron chi connectivity index (χ3n) is 8.15. The van der Waals surface area contributed by atoms with Gasteiger partial charge in [0.05, 0.1) is 20.8 Å². The van der Waals surface area contributed by atoms with E-state index in [0.29, 0.717) is 0 Å². The molecule has 0 saturated carbocycles. The van der Waals surface area contributed by atoms with Crippen LogP contribution in [0.4, 0.5) is 0 Å². The van der Waals surface area contributed by atoms with Crippen molar-refractivity contribution >= 4 is 43.5 Å². The summed E-state index contributed by atoms with van der Waals surface area (Å²) < 4.78 is 16.3. The van der Waals surface area contributed by atoms with Crippen molar-refractivity contribution in [2.75, 3.05) is 0 Å². The molecule has 4 aromatic heterocycles. The number of rotatable bonds is 4. The predicted octanol–water partition coefficient (Wildman–Crippen LogP) is 11.3. The van der Waals surface area contributed by atoms with Crippen LogP contribution >= 0.6 is 11.3 Å². The molecule has 0 aliphatic carbocycles. The van der Waals surface area contributed by atoms with E-state index in [-0.39, 0.29) is 20.1 Å². The van der Waals surface area contributed by atoms with Crippen molar-refractivity contribution in [2.24, 2.45) is 0 Å². The van der Waals surface area contributed by atoms with Gasteiger partial charge in [0.25, 0.3) is 0 Å². The molecule has 0 fully saturated rings. The Kier molecular flexibility index (Phi) is 9.08. The Morgan fingerprint density at radius 3 is 2.34 bits per heavy atom. The average Bonchev–Trinajstić information content (AvgIpc) is 3.62. The molecule has 0 spiro atoms. The molecule has 0 amide bonds. The Morgan fingerprint density at radius 2 is 1.62 bits per heavy atom. The zero-order chi connectivity index (χ0) is 32.7. The largest absolute Gasteiger partial charge is 0.501 e. The fraction of sp³-hybridized carbons (Fsp3) is 0.146. The van der Waals surface area contributed by atoms with Gasteiger partial charge in [-0.3, -0.25) is 0 Å². The topological polar surface area (TPSA) is 51.8 Å². The molecule has 4 aromatic carbocycles. The number of benzene rings is 4. The molecule has 4 heterocycles. The van der Waals surface area contributed by atoms with E-state index in [9.17, 15) is 0 Å². The SMILES string of the molecule is [2H]C(C)(C)c1cnc(-c2[c-]ccc3c2oc2cc4nc(C)sc4cc23)cc1-c1c(C)cccc1C.[Ir].[c-]1ccccc1-c1ccccn1. The van der Waals surface area contributed by atoms with Gasteiger partial charge in [0, 0.05) is 45.3 Å². The number of aromatic nitrogens is 3. The van der Waals surface area contributed by atoms with Gasteiger partial charge in [-0.1, -0.05) is 61.2 Å². The summed E-state index contributed by atoms with van der Waals surface area (Å²) in [7, 11) is 0. The first-order chi connectivity index (χ1) is 22.7. The number of aryl methyl sites for hydroxylation is 3. The van der Waals surface area contributed by atoms with Crippen LogP contribution in [0, 0.1) is 32.9 Å². The first-order valence-corrected chi connectivity index (χ1v) is 16.1. The Hall–Kier alpha value is -4.48. The third kappa shape index (κ3) is 6.42. The molecular weight excluding hydrogens is 775 g/mol. The molecule has 0 saturated heterocycles. The van der Waals surface area contributed by atoms with Crippen molar-refractivity contribution < 1.29 is 25.9 Å². The number of pyridine rings is 2. The number of furan rings is 1. The van der Waals surface area contributed by atoms with Crippen LogP contribution < -0.4 is 0 Å². The quantitative estimate of drug-likeness (QED) is 0.166. The molecule has 47 heavy (non-hydrogen) atoms. The summed E-state index contributed by atoms with van der Waals surface area (Å²) in [5, 5.41) is 3.17. The smallest absolute Gasteiger partial charge is 0.123 e. The molecule has 0 bridgehead atoms. The van der Waals surface area contributed by atoms with E-state index in [1.54, 1.807) is 17.5 Å². The van der Waals surface area contributed by atoms with E-state index in [1.165, 1.54) is 11.1 Å². The van der Waals surface area contributed by atoms with Gasteiger partial charge in [0.1, 0.15) is 5.58 Å². The van der Waals surface area contributed by atoms with E-state index >= 15 is 0 Å². The second-order valence-corrected chi connectivity index (χ2v) is 12.9. The maximum atomic E-state index is 8.78. The van der Waals surface area contributed by atoms with Gasteiger partial charge in [-0.05, 0) is 78.0 Å². The fourth-order valence-corrected chi connectivity index (χ4v) is 6.83. The van der Waals surface area contributed by atoms with Crippen LogP contribution in [0.25, 0.3) is 65.8 Å². The molecule has 0 atom stereocenters. The van der Waals surface area contributed by atoms with Gasteiger partial charge in [0.2, 0.25) is 0 Å². The van der Waals surface area contributed by atoms with E-state index < -0.39 is 5.89 Å². The third-order valence-corrected chi connectivity index (χ3v) is 9.08. The average molecular weight is 809 g/mol. The number of hydrogen-bond donors (Lipinski definition) is 0. The van der Waals surface area contributed by atoms with Crippen LogP contribution in [0.2, 0.25) is 0 Å². The van der Waals surface area contributed by atoms with E-state index in [1.807, 2.05) is 81.6 Å². The summed E-state index contributed by atoms with van der Waals surface area (Å²) in [5.74, 6) is -0.790. The van der Waals surface area contributed by atoms with Crippen molar-refractivity contribution in [3.63, 3.8) is 0 Å². The van der Waals surface area contributed by atoms with Gasteiger partial charge in [0.15, 0.2) is 0 Å². The zero-order valence-electron chi connectivity index (χ0n) is 27.8. The standard InChI is InChI=1S/C30H25N2OS.C11H8N.Ir/c1-16(2)24-15-31-25(12-23(24)29-17(3)8-6-9-18(29)4)21-11-7-10-20-22-13-28-26(32-19(5)34-28)14-27(22)33-30(20)21;1-2-6-10(7-3-1)11-8-4-5-9-12-11;/h6-10,12-16H,1-5H3;1-6,8-9H;/q2*-1;/i16D;;. The van der Waals surface area contributed by atoms with Gasteiger partial charge < -0.3 is 14.4 Å². The predicted molar refractivity (Wildman–Crippen MR) is 191 cm³/mol. The van der Waals surface area contributed by atoms with Crippen LogP contribution in [0.3, 0.4) is 0 Å². The minimum Gasteiger partial charge on any atom is -0.501 e. The van der Waals surface area contributed by atoms with Gasteiger partial charge in [-0.25, -0.2) is 4.98 Å². The van der Waals surface area contributed by atoms with Crippen LogP contribution in [0.5, 0.6) is 0 Å². The summed E-state index contributed by atoms with van der Waals surface area (Å²) in [6.45, 7) is 10.1. The van der Waals surface area contributed by atoms with Crippen LogP contribution in [0.1, 0.15) is 42.8 Å². The monoisotopic (exact) mass is 809 g/mol. The van der Waals surface area contributed by atoms with Crippen molar-refractivity contribution in [2.45, 2.75) is 40.5 Å². The molecule has 8 rings (SSSR count). The minimum absolute atomic E-state index is 0. The van der Waals surface area contributed by atoms with Crippen molar-refractivity contribution in [1.29, 1.82) is 0 Å². The zero-order valence-corrected chi connectivity index (χ0v) is 30.0. The molecule has 0 N–H and O–H groups in total. The van der Waals surface area contributed by atoms with Crippen molar-refractivity contribution in [1.82, 2.24) is 15.0 Å². The summed E-state index contributed by atoms with van der Waals surface area (Å²) in [5.41, 5.74) is 11.6. The Morgan fingerprint density at radius 1 is 0.809 bits per heavy atom. The molecule has 1 radical (unpaired) electrons. The normalized spacial score (nSPS) is 11.6. The molecule has 0 unspecified atom stereocenters. The number of hydrogen-bond acceptors (Lipinski definition) is 5. The summed E-state index contributed by atoms with van der Waals surface area (Å²) in [6, 6.07) is 36.8. The number of fused-ring (bicyclic) bond motifs is 4. The van der Waals surface area contributed by atoms with Crippen LogP contribution in [0.15, 0.2) is 108 Å². The summed E-state index contributed by atoms with van der Waals surface area (Å²) in [4.78, 5) is 13.7. The van der Waals surface area contributed by atoms with E-state index in [0.717, 1.165) is 76.4 Å². The molecular formula is C41H33IrN3OS-2. The Labute approximate surface area is 294 Å². The maximum Gasteiger partial charge on any atom is 0.123 e. The Balaban J connectivity index is 0.000000260. The molecule has 0 aliphatic heterocycles. The van der Waals surface area contributed by atoms with Crippen molar-refractivity contribution in [3.05, 3.63) is 137 Å². The van der Waals surface area contributed by atoms with Crippen molar-refractivity contribution in [3.8, 4) is 33.6 Å². The first kappa shape index (κ1) is 31.1. The molecule has 8 aromatic rings. The van der Waals surface area contributed by atoms with Crippen LogP contribution in [-0.2, 0) is 20.1 Å². The summed E-state index contributed by atoms with van der Waals surface area (Å²) in [6.07, 6.45) is 3.64. The number of thiazole rings is 1. The number of nitrogens with zero attached hydrogens (tertiary/aromatic N) is 3. The van der Waals surface area contributed by atoms with Crippen LogP contribution in [-0.4, -0.2) is 15.0 Å². The molecule has 4 nitrogen and oxygen atoms in total. The van der Waals surface area contributed by atoms with Gasteiger partial charge in [-0.15, -0.1) is 65.4 Å². The van der Waals surface area contributed by atoms with Gasteiger partial charge >= 0.3 is 0 Å².